The number of aliphatic hydroxyl groups is 1. The quantitative estimate of drug-likeness (QED) is 0.681. The van der Waals surface area contributed by atoms with Crippen molar-refractivity contribution in [2.24, 2.45) is 5.92 Å². The first-order valence-corrected chi connectivity index (χ1v) is 5.62. The van der Waals surface area contributed by atoms with Gasteiger partial charge in [0, 0.05) is 6.42 Å². The van der Waals surface area contributed by atoms with Crippen LogP contribution in [-0.4, -0.2) is 42.9 Å². The molecule has 1 aliphatic heterocycles. The summed E-state index contributed by atoms with van der Waals surface area (Å²) in [6.07, 6.45) is -5.08. The minimum Gasteiger partial charge on any atom is -0.382 e. The van der Waals surface area contributed by atoms with Crippen molar-refractivity contribution in [1.82, 2.24) is 10.6 Å². The van der Waals surface area contributed by atoms with E-state index >= 15 is 0 Å². The number of carbonyl (C=O) groups is 1. The van der Waals surface area contributed by atoms with Crippen molar-refractivity contribution in [2.75, 3.05) is 19.6 Å². The third-order valence-corrected chi connectivity index (χ3v) is 2.74. The molecule has 0 aromatic rings. The van der Waals surface area contributed by atoms with Gasteiger partial charge in [0.1, 0.15) is 0 Å². The van der Waals surface area contributed by atoms with Gasteiger partial charge in [-0.25, -0.2) is 0 Å². The molecule has 17 heavy (non-hydrogen) atoms. The summed E-state index contributed by atoms with van der Waals surface area (Å²) in [6.45, 7) is 0.864. The average Bonchev–Trinajstić information content (AvgIpc) is 2.26. The minimum absolute atomic E-state index is 0.173. The number of nitrogens with one attached hydrogen (secondary N) is 2. The first-order chi connectivity index (χ1) is 7.89. The normalized spacial score (nSPS) is 23.2. The zero-order chi connectivity index (χ0) is 12.9. The van der Waals surface area contributed by atoms with Gasteiger partial charge < -0.3 is 15.7 Å². The summed E-state index contributed by atoms with van der Waals surface area (Å²) in [6, 6.07) is 0. The maximum absolute atomic E-state index is 11.9. The maximum atomic E-state index is 11.9. The molecule has 0 aromatic heterocycles. The fraction of sp³-hybridized carbons (Fsp3) is 0.900. The summed E-state index contributed by atoms with van der Waals surface area (Å²) in [5.74, 6) is -0.270. The summed E-state index contributed by atoms with van der Waals surface area (Å²) in [4.78, 5) is 11.3. The van der Waals surface area contributed by atoms with Gasteiger partial charge >= 0.3 is 6.18 Å². The molecular formula is C10H17F3N2O2. The molecule has 1 saturated heterocycles. The predicted molar refractivity (Wildman–Crippen MR) is 55.3 cm³/mol. The molecule has 1 rings (SSSR count). The van der Waals surface area contributed by atoms with Crippen molar-refractivity contribution in [1.29, 1.82) is 0 Å². The molecule has 2 atom stereocenters. The molecular weight excluding hydrogens is 237 g/mol. The Morgan fingerprint density at radius 3 is 2.76 bits per heavy atom. The van der Waals surface area contributed by atoms with E-state index in [2.05, 4.69) is 10.6 Å². The first kappa shape index (κ1) is 14.2. The second-order valence-corrected chi connectivity index (χ2v) is 4.28. The molecule has 1 amide bonds. The van der Waals surface area contributed by atoms with Crippen LogP contribution < -0.4 is 10.6 Å². The van der Waals surface area contributed by atoms with Crippen molar-refractivity contribution in [3.63, 3.8) is 0 Å². The molecule has 3 N–H and O–H groups in total. The van der Waals surface area contributed by atoms with E-state index in [1.165, 1.54) is 0 Å². The van der Waals surface area contributed by atoms with Crippen LogP contribution in [0, 0.1) is 5.92 Å². The number of carbonyl (C=O) groups excluding carboxylic acids is 1. The Balaban J connectivity index is 2.20. The Bertz CT molecular complexity index is 252. The monoisotopic (exact) mass is 254 g/mol. The van der Waals surface area contributed by atoms with Crippen LogP contribution in [0.25, 0.3) is 0 Å². The van der Waals surface area contributed by atoms with Crippen molar-refractivity contribution >= 4 is 5.91 Å². The Hall–Kier alpha value is -0.820. The van der Waals surface area contributed by atoms with Crippen LogP contribution in [-0.2, 0) is 4.79 Å². The maximum Gasteiger partial charge on any atom is 0.416 e. The van der Waals surface area contributed by atoms with Crippen molar-refractivity contribution < 1.29 is 23.1 Å². The lowest BCUT2D eigenvalue weighted by Crippen LogP contribution is -2.42. The topological polar surface area (TPSA) is 61.4 Å². The van der Waals surface area contributed by atoms with E-state index in [-0.39, 0.29) is 12.3 Å². The van der Waals surface area contributed by atoms with E-state index in [1.54, 1.807) is 0 Å². The van der Waals surface area contributed by atoms with Gasteiger partial charge in [0.05, 0.1) is 6.54 Å². The molecule has 1 heterocycles. The lowest BCUT2D eigenvalue weighted by atomic mass is 9.96. The van der Waals surface area contributed by atoms with Crippen molar-refractivity contribution in [3.8, 4) is 0 Å². The summed E-state index contributed by atoms with van der Waals surface area (Å²) in [7, 11) is 0. The van der Waals surface area contributed by atoms with Gasteiger partial charge in [-0.1, -0.05) is 0 Å². The highest BCUT2D eigenvalue weighted by atomic mass is 19.4. The third-order valence-electron chi connectivity index (χ3n) is 2.74. The number of aliphatic hydroxyl groups excluding tert-OH is 1. The van der Waals surface area contributed by atoms with Crippen LogP contribution in [0.15, 0.2) is 0 Å². The van der Waals surface area contributed by atoms with Gasteiger partial charge in [-0.2, -0.15) is 13.2 Å². The fourth-order valence-electron chi connectivity index (χ4n) is 1.76. The van der Waals surface area contributed by atoms with Gasteiger partial charge in [0.25, 0.3) is 0 Å². The average molecular weight is 254 g/mol. The largest absolute Gasteiger partial charge is 0.416 e. The summed E-state index contributed by atoms with van der Waals surface area (Å²) < 4.78 is 35.8. The molecule has 0 saturated carbocycles. The van der Waals surface area contributed by atoms with E-state index < -0.39 is 24.7 Å². The predicted octanol–water partition coefficient (Wildman–Crippen LogP) is 0.416. The van der Waals surface area contributed by atoms with Crippen LogP contribution in [0.2, 0.25) is 0 Å². The second kappa shape index (κ2) is 6.20. The number of alkyl halides is 3. The highest BCUT2D eigenvalue weighted by molar-refractivity contribution is 5.76. The van der Waals surface area contributed by atoms with E-state index in [0.29, 0.717) is 0 Å². The number of halogens is 3. The Morgan fingerprint density at radius 1 is 1.53 bits per heavy atom. The van der Waals surface area contributed by atoms with Crippen LogP contribution in [0.5, 0.6) is 0 Å². The second-order valence-electron chi connectivity index (χ2n) is 4.28. The van der Waals surface area contributed by atoms with Gasteiger partial charge in [0.2, 0.25) is 5.91 Å². The van der Waals surface area contributed by atoms with Crippen LogP contribution in [0.1, 0.15) is 19.3 Å². The number of piperidine rings is 1. The molecule has 0 bridgehead atoms. The standard InChI is InChI=1S/C10H17F3N2O2/c11-10(12,13)8(16)6-15-9(17)4-7-2-1-3-14-5-7/h7-8,14,16H,1-6H2,(H,15,17). The number of hydrogen-bond donors (Lipinski definition) is 3. The van der Waals surface area contributed by atoms with E-state index in [4.69, 9.17) is 5.11 Å². The van der Waals surface area contributed by atoms with Crippen LogP contribution in [0.3, 0.4) is 0 Å². The smallest absolute Gasteiger partial charge is 0.382 e. The zero-order valence-electron chi connectivity index (χ0n) is 9.39. The Labute approximate surface area is 97.6 Å². The summed E-state index contributed by atoms with van der Waals surface area (Å²) >= 11 is 0. The fourth-order valence-corrected chi connectivity index (χ4v) is 1.76. The summed E-state index contributed by atoms with van der Waals surface area (Å²) in [5.41, 5.74) is 0. The highest BCUT2D eigenvalue weighted by Crippen LogP contribution is 2.19. The first-order valence-electron chi connectivity index (χ1n) is 5.62. The van der Waals surface area contributed by atoms with Crippen LogP contribution >= 0.6 is 0 Å². The zero-order valence-corrected chi connectivity index (χ0v) is 9.39. The number of hydrogen-bond acceptors (Lipinski definition) is 3. The molecule has 0 aromatic carbocycles. The lowest BCUT2D eigenvalue weighted by molar-refractivity contribution is -0.201. The number of amides is 1. The molecule has 4 nitrogen and oxygen atoms in total. The van der Waals surface area contributed by atoms with E-state index in [0.717, 1.165) is 25.9 Å². The Kier molecular flexibility index (Phi) is 5.20. The van der Waals surface area contributed by atoms with E-state index in [1.807, 2.05) is 0 Å². The minimum atomic E-state index is -4.68. The van der Waals surface area contributed by atoms with Crippen molar-refractivity contribution in [2.45, 2.75) is 31.5 Å². The molecule has 1 aliphatic rings. The molecule has 0 radical (unpaired) electrons. The molecule has 0 spiro atoms. The number of rotatable bonds is 4. The van der Waals surface area contributed by atoms with Crippen LogP contribution in [0.4, 0.5) is 13.2 Å². The SMILES string of the molecule is O=C(CC1CCCNC1)NCC(O)C(F)(F)F. The molecule has 1 fully saturated rings. The molecule has 100 valence electrons. The van der Waals surface area contributed by atoms with Gasteiger partial charge in [-0.15, -0.1) is 0 Å². The van der Waals surface area contributed by atoms with Gasteiger partial charge in [0.15, 0.2) is 6.10 Å². The van der Waals surface area contributed by atoms with Gasteiger partial charge in [-0.05, 0) is 31.8 Å². The highest BCUT2D eigenvalue weighted by Gasteiger charge is 2.38. The molecule has 2 unspecified atom stereocenters. The van der Waals surface area contributed by atoms with Crippen molar-refractivity contribution in [3.05, 3.63) is 0 Å². The summed E-state index contributed by atoms with van der Waals surface area (Å²) in [5, 5.41) is 13.9. The van der Waals surface area contributed by atoms with E-state index in [9.17, 15) is 18.0 Å². The Morgan fingerprint density at radius 2 is 2.24 bits per heavy atom. The van der Waals surface area contributed by atoms with Gasteiger partial charge in [-0.3, -0.25) is 4.79 Å². The lowest BCUT2D eigenvalue weighted by Gasteiger charge is -2.22. The molecule has 7 heteroatoms. The third kappa shape index (κ3) is 5.36. The molecule has 0 aliphatic carbocycles.